The highest BCUT2D eigenvalue weighted by Crippen LogP contribution is 2.40. The van der Waals surface area contributed by atoms with Crippen LogP contribution in [0.5, 0.6) is 0 Å². The van der Waals surface area contributed by atoms with Crippen molar-refractivity contribution < 1.29 is 0 Å². The highest BCUT2D eigenvalue weighted by Gasteiger charge is 2.23. The van der Waals surface area contributed by atoms with Crippen molar-refractivity contribution in [2.24, 2.45) is 0 Å². The monoisotopic (exact) mass is 175 g/mol. The lowest BCUT2D eigenvalue weighted by Gasteiger charge is -1.99. The van der Waals surface area contributed by atoms with Gasteiger partial charge >= 0.3 is 0 Å². The van der Waals surface area contributed by atoms with Gasteiger partial charge < -0.3 is 0 Å². The molecule has 1 aliphatic rings. The Hall–Kier alpha value is -0.940. The normalized spacial score (nSPS) is 15.6. The first kappa shape index (κ1) is 7.70. The molecule has 0 aromatic heterocycles. The number of thioether (sulfide) groups is 1. The van der Waals surface area contributed by atoms with Gasteiger partial charge in [-0.25, -0.2) is 0 Å². The van der Waals surface area contributed by atoms with Crippen LogP contribution in [0.4, 0.5) is 0 Å². The largest absolute Gasteiger partial charge is 0.192 e. The maximum absolute atomic E-state index is 8.79. The van der Waals surface area contributed by atoms with Gasteiger partial charge in [0.25, 0.3) is 0 Å². The minimum atomic E-state index is 0.777. The van der Waals surface area contributed by atoms with Crippen molar-refractivity contribution >= 4 is 11.8 Å². The van der Waals surface area contributed by atoms with Crippen molar-refractivity contribution in [3.05, 3.63) is 29.8 Å². The predicted octanol–water partition coefficient (Wildman–Crippen LogP) is 2.81. The molecular formula is C10H9NS. The Morgan fingerprint density at radius 2 is 2.08 bits per heavy atom. The predicted molar refractivity (Wildman–Crippen MR) is 50.0 cm³/mol. The summed E-state index contributed by atoms with van der Waals surface area (Å²) in [7, 11) is 0. The third-order valence-corrected chi connectivity index (χ3v) is 3.24. The lowest BCUT2D eigenvalue weighted by atomic mass is 10.2. The van der Waals surface area contributed by atoms with Gasteiger partial charge in [-0.3, -0.25) is 0 Å². The zero-order valence-electron chi connectivity index (χ0n) is 6.66. The van der Waals surface area contributed by atoms with E-state index in [0.29, 0.717) is 0 Å². The second kappa shape index (κ2) is 3.20. The van der Waals surface area contributed by atoms with Crippen LogP contribution in [0.3, 0.4) is 0 Å². The van der Waals surface area contributed by atoms with Crippen molar-refractivity contribution in [2.45, 2.75) is 23.0 Å². The van der Waals surface area contributed by atoms with Crippen LogP contribution in [0.1, 0.15) is 18.4 Å². The molecule has 0 radical (unpaired) electrons. The number of rotatable bonds is 2. The number of nitrogens with zero attached hydrogens (tertiary/aromatic N) is 1. The summed E-state index contributed by atoms with van der Waals surface area (Å²) in [5, 5.41) is 9.57. The van der Waals surface area contributed by atoms with Crippen LogP contribution in [0.2, 0.25) is 0 Å². The molecule has 2 heteroatoms. The quantitative estimate of drug-likeness (QED) is 0.690. The molecule has 0 unspecified atom stereocenters. The summed E-state index contributed by atoms with van der Waals surface area (Å²) >= 11 is 1.84. The van der Waals surface area contributed by atoms with E-state index in [1.165, 1.54) is 12.8 Å². The van der Waals surface area contributed by atoms with E-state index in [0.717, 1.165) is 15.7 Å². The number of benzene rings is 1. The van der Waals surface area contributed by atoms with Crippen molar-refractivity contribution in [1.82, 2.24) is 0 Å². The van der Waals surface area contributed by atoms with Gasteiger partial charge in [0, 0.05) is 10.1 Å². The Labute approximate surface area is 76.4 Å². The zero-order chi connectivity index (χ0) is 8.39. The maximum Gasteiger partial charge on any atom is 0.100 e. The molecule has 0 bridgehead atoms. The summed E-state index contributed by atoms with van der Waals surface area (Å²) in [6.07, 6.45) is 2.62. The van der Waals surface area contributed by atoms with Crippen LogP contribution in [-0.4, -0.2) is 5.25 Å². The van der Waals surface area contributed by atoms with Gasteiger partial charge in [0.15, 0.2) is 0 Å². The highest BCUT2D eigenvalue weighted by atomic mass is 32.2. The molecule has 1 nitrogen and oxygen atoms in total. The Morgan fingerprint density at radius 1 is 1.33 bits per heavy atom. The van der Waals surface area contributed by atoms with Crippen molar-refractivity contribution in [1.29, 1.82) is 5.26 Å². The van der Waals surface area contributed by atoms with E-state index in [2.05, 4.69) is 6.07 Å². The topological polar surface area (TPSA) is 23.8 Å². The maximum atomic E-state index is 8.79. The van der Waals surface area contributed by atoms with Crippen LogP contribution in [0.15, 0.2) is 29.2 Å². The third-order valence-electron chi connectivity index (χ3n) is 1.83. The summed E-state index contributed by atoms with van der Waals surface area (Å²) < 4.78 is 0. The van der Waals surface area contributed by atoms with E-state index < -0.39 is 0 Å². The molecule has 0 amide bonds. The van der Waals surface area contributed by atoms with Gasteiger partial charge in [-0.1, -0.05) is 12.1 Å². The summed E-state index contributed by atoms with van der Waals surface area (Å²) in [4.78, 5) is 1.14. The van der Waals surface area contributed by atoms with E-state index in [1.54, 1.807) is 0 Å². The molecule has 1 aliphatic carbocycles. The fourth-order valence-corrected chi connectivity index (χ4v) is 2.16. The Bertz CT molecular complexity index is 323. The van der Waals surface area contributed by atoms with Crippen molar-refractivity contribution in [2.75, 3.05) is 0 Å². The summed E-state index contributed by atoms with van der Waals surface area (Å²) in [6.45, 7) is 0. The van der Waals surface area contributed by atoms with E-state index in [1.807, 2.05) is 36.0 Å². The molecule has 0 spiro atoms. The number of hydrogen-bond acceptors (Lipinski definition) is 2. The highest BCUT2D eigenvalue weighted by molar-refractivity contribution is 8.00. The first-order valence-corrected chi connectivity index (χ1v) is 4.94. The lowest BCUT2D eigenvalue weighted by molar-refractivity contribution is 1.35. The van der Waals surface area contributed by atoms with Gasteiger partial charge in [0.1, 0.15) is 6.07 Å². The molecule has 0 aliphatic heterocycles. The van der Waals surface area contributed by atoms with Gasteiger partial charge in [-0.15, -0.1) is 11.8 Å². The Morgan fingerprint density at radius 3 is 2.75 bits per heavy atom. The molecular weight excluding hydrogens is 166 g/mol. The smallest absolute Gasteiger partial charge is 0.100 e. The first-order valence-electron chi connectivity index (χ1n) is 4.06. The third kappa shape index (κ3) is 1.62. The Balaban J connectivity index is 2.22. The number of hydrogen-bond donors (Lipinski definition) is 0. The van der Waals surface area contributed by atoms with Gasteiger partial charge in [0.2, 0.25) is 0 Å². The van der Waals surface area contributed by atoms with Crippen LogP contribution in [0.25, 0.3) is 0 Å². The Kier molecular flexibility index (Phi) is 2.05. The van der Waals surface area contributed by atoms with Gasteiger partial charge in [0.05, 0.1) is 5.56 Å². The SMILES string of the molecule is N#Cc1ccccc1SC1CC1. The van der Waals surface area contributed by atoms with Crippen LogP contribution < -0.4 is 0 Å². The first-order chi connectivity index (χ1) is 5.90. The molecule has 1 saturated carbocycles. The van der Waals surface area contributed by atoms with E-state index in [4.69, 9.17) is 5.26 Å². The minimum Gasteiger partial charge on any atom is -0.192 e. The number of nitriles is 1. The summed E-state index contributed by atoms with van der Waals surface area (Å²) in [5.41, 5.74) is 0.814. The molecule has 0 saturated heterocycles. The van der Waals surface area contributed by atoms with E-state index in [9.17, 15) is 0 Å². The standard InChI is InChI=1S/C10H9NS/c11-7-8-3-1-2-4-10(8)12-9-5-6-9/h1-4,9H,5-6H2. The second-order valence-electron chi connectivity index (χ2n) is 2.93. The second-order valence-corrected chi connectivity index (χ2v) is 4.27. The van der Waals surface area contributed by atoms with Gasteiger partial charge in [-0.2, -0.15) is 5.26 Å². The van der Waals surface area contributed by atoms with Gasteiger partial charge in [-0.05, 0) is 25.0 Å². The van der Waals surface area contributed by atoms with E-state index in [-0.39, 0.29) is 0 Å². The summed E-state index contributed by atoms with van der Waals surface area (Å²) in [5.74, 6) is 0. The molecule has 0 heterocycles. The molecule has 0 atom stereocenters. The fourth-order valence-electron chi connectivity index (χ4n) is 1.03. The van der Waals surface area contributed by atoms with Crippen LogP contribution in [0, 0.1) is 11.3 Å². The summed E-state index contributed by atoms with van der Waals surface area (Å²) in [6, 6.07) is 10.0. The lowest BCUT2D eigenvalue weighted by Crippen LogP contribution is -1.81. The van der Waals surface area contributed by atoms with Crippen LogP contribution >= 0.6 is 11.8 Å². The average molecular weight is 175 g/mol. The van der Waals surface area contributed by atoms with Crippen molar-refractivity contribution in [3.63, 3.8) is 0 Å². The molecule has 60 valence electrons. The average Bonchev–Trinajstić information content (AvgIpc) is 2.89. The molecule has 12 heavy (non-hydrogen) atoms. The molecule has 1 fully saturated rings. The van der Waals surface area contributed by atoms with Crippen LogP contribution in [-0.2, 0) is 0 Å². The fraction of sp³-hybridized carbons (Fsp3) is 0.300. The molecule has 1 aromatic rings. The minimum absolute atomic E-state index is 0.777. The zero-order valence-corrected chi connectivity index (χ0v) is 7.47. The molecule has 1 aromatic carbocycles. The molecule has 0 N–H and O–H groups in total. The van der Waals surface area contributed by atoms with Crippen molar-refractivity contribution in [3.8, 4) is 6.07 Å². The molecule has 2 rings (SSSR count). The van der Waals surface area contributed by atoms with E-state index >= 15 is 0 Å².